The summed E-state index contributed by atoms with van der Waals surface area (Å²) < 4.78 is 5.97. The van der Waals surface area contributed by atoms with Crippen LogP contribution in [0.15, 0.2) is 77.4 Å². The third-order valence-electron chi connectivity index (χ3n) is 3.76. The molecular formula is C21H15BrClNO3. The molecule has 3 aromatic rings. The maximum absolute atomic E-state index is 12.8. The summed E-state index contributed by atoms with van der Waals surface area (Å²) in [5.41, 5.74) is 1.56. The van der Waals surface area contributed by atoms with Crippen molar-refractivity contribution in [2.45, 2.75) is 6.61 Å². The van der Waals surface area contributed by atoms with Crippen molar-refractivity contribution in [3.63, 3.8) is 0 Å². The van der Waals surface area contributed by atoms with Crippen molar-refractivity contribution in [3.05, 3.63) is 99.2 Å². The van der Waals surface area contributed by atoms with Gasteiger partial charge in [0.2, 0.25) is 0 Å². The van der Waals surface area contributed by atoms with Gasteiger partial charge in [-0.2, -0.15) is 0 Å². The topological polar surface area (TPSA) is 59.4 Å². The Morgan fingerprint density at radius 3 is 2.48 bits per heavy atom. The van der Waals surface area contributed by atoms with Crippen molar-refractivity contribution in [1.29, 1.82) is 0 Å². The van der Waals surface area contributed by atoms with Crippen LogP contribution in [-0.2, 0) is 16.1 Å². The molecule has 4 nitrogen and oxygen atoms in total. The SMILES string of the molecule is O=C(OCc1ccccc1)/C(=C(/O)c1ccc(Cl)cc1Br)c1ccccn1. The van der Waals surface area contributed by atoms with Gasteiger partial charge >= 0.3 is 5.97 Å². The zero-order valence-electron chi connectivity index (χ0n) is 14.1. The molecule has 0 fully saturated rings. The van der Waals surface area contributed by atoms with Crippen molar-refractivity contribution >= 4 is 44.8 Å². The van der Waals surface area contributed by atoms with Crippen molar-refractivity contribution in [2.75, 3.05) is 0 Å². The zero-order valence-corrected chi connectivity index (χ0v) is 16.4. The van der Waals surface area contributed by atoms with Gasteiger partial charge < -0.3 is 9.84 Å². The quantitative estimate of drug-likeness (QED) is 0.313. The number of carbonyl (C=O) groups is 1. The Labute approximate surface area is 170 Å². The fourth-order valence-corrected chi connectivity index (χ4v) is 3.32. The number of hydrogen-bond donors (Lipinski definition) is 1. The first kappa shape index (κ1) is 19.1. The molecule has 1 aromatic heterocycles. The number of aliphatic hydroxyl groups is 1. The fraction of sp³-hybridized carbons (Fsp3) is 0.0476. The molecule has 0 radical (unpaired) electrons. The lowest BCUT2D eigenvalue weighted by Crippen LogP contribution is -2.11. The fourth-order valence-electron chi connectivity index (χ4n) is 2.44. The summed E-state index contributed by atoms with van der Waals surface area (Å²) in [4.78, 5) is 17.0. The van der Waals surface area contributed by atoms with Crippen LogP contribution in [0.3, 0.4) is 0 Å². The van der Waals surface area contributed by atoms with Gasteiger partial charge in [-0.1, -0.05) is 48.0 Å². The van der Waals surface area contributed by atoms with Gasteiger partial charge in [0.05, 0.1) is 5.69 Å². The molecule has 0 aliphatic carbocycles. The summed E-state index contributed by atoms with van der Waals surface area (Å²) in [5, 5.41) is 11.3. The Balaban J connectivity index is 1.99. The van der Waals surface area contributed by atoms with Crippen LogP contribution in [0.25, 0.3) is 11.3 Å². The van der Waals surface area contributed by atoms with E-state index in [4.69, 9.17) is 16.3 Å². The van der Waals surface area contributed by atoms with Gasteiger partial charge in [0.25, 0.3) is 0 Å². The first-order valence-electron chi connectivity index (χ1n) is 8.07. The van der Waals surface area contributed by atoms with E-state index in [2.05, 4.69) is 20.9 Å². The molecular weight excluding hydrogens is 430 g/mol. The number of hydrogen-bond acceptors (Lipinski definition) is 4. The van der Waals surface area contributed by atoms with E-state index in [-0.39, 0.29) is 17.9 Å². The first-order valence-corrected chi connectivity index (χ1v) is 9.24. The standard InChI is InChI=1S/C21H15BrClNO3/c22-17-12-15(23)9-10-16(17)20(25)19(18-8-4-5-11-24-18)21(26)27-13-14-6-2-1-3-7-14/h1-12,25H,13H2/b20-19+. The lowest BCUT2D eigenvalue weighted by Gasteiger charge is -2.12. The van der Waals surface area contributed by atoms with E-state index in [1.165, 1.54) is 0 Å². The summed E-state index contributed by atoms with van der Waals surface area (Å²) >= 11 is 9.33. The van der Waals surface area contributed by atoms with Crippen LogP contribution >= 0.6 is 27.5 Å². The minimum atomic E-state index is -0.670. The monoisotopic (exact) mass is 443 g/mol. The molecule has 0 spiro atoms. The number of ether oxygens (including phenoxy) is 1. The van der Waals surface area contributed by atoms with Crippen LogP contribution in [-0.4, -0.2) is 16.1 Å². The molecule has 136 valence electrons. The number of rotatable bonds is 5. The second kappa shape index (κ2) is 8.84. The minimum Gasteiger partial charge on any atom is -0.506 e. The molecule has 3 rings (SSSR count). The highest BCUT2D eigenvalue weighted by Crippen LogP contribution is 2.31. The number of aromatic nitrogens is 1. The average molecular weight is 445 g/mol. The number of esters is 1. The van der Waals surface area contributed by atoms with Gasteiger partial charge in [-0.05, 0) is 51.8 Å². The first-order chi connectivity index (χ1) is 13.1. The van der Waals surface area contributed by atoms with E-state index in [9.17, 15) is 9.90 Å². The maximum atomic E-state index is 12.8. The smallest absolute Gasteiger partial charge is 0.344 e. The van der Waals surface area contributed by atoms with E-state index in [1.807, 2.05) is 30.3 Å². The Morgan fingerprint density at radius 1 is 1.07 bits per heavy atom. The molecule has 0 aliphatic rings. The molecule has 0 saturated carbocycles. The van der Waals surface area contributed by atoms with E-state index in [0.717, 1.165) is 5.56 Å². The number of nitrogens with zero attached hydrogens (tertiary/aromatic N) is 1. The lowest BCUT2D eigenvalue weighted by molar-refractivity contribution is -0.137. The normalized spacial score (nSPS) is 11.6. The third kappa shape index (κ3) is 4.76. The summed E-state index contributed by atoms with van der Waals surface area (Å²) in [6.07, 6.45) is 1.55. The predicted molar refractivity (Wildman–Crippen MR) is 109 cm³/mol. The molecule has 2 aromatic carbocycles. The van der Waals surface area contributed by atoms with Crippen LogP contribution in [0.2, 0.25) is 5.02 Å². The molecule has 6 heteroatoms. The molecule has 1 heterocycles. The average Bonchev–Trinajstić information content (AvgIpc) is 2.68. The molecule has 0 bridgehead atoms. The van der Waals surface area contributed by atoms with Gasteiger partial charge in [0.1, 0.15) is 17.9 Å². The molecule has 0 aliphatic heterocycles. The van der Waals surface area contributed by atoms with Gasteiger partial charge in [0, 0.05) is 21.3 Å². The molecule has 27 heavy (non-hydrogen) atoms. The van der Waals surface area contributed by atoms with Crippen molar-refractivity contribution in [1.82, 2.24) is 4.98 Å². The Kier molecular flexibility index (Phi) is 6.27. The number of benzene rings is 2. The number of carbonyl (C=O) groups excluding carboxylic acids is 1. The number of aliphatic hydroxyl groups excluding tert-OH is 1. The van der Waals surface area contributed by atoms with Gasteiger partial charge in [0.15, 0.2) is 0 Å². The zero-order chi connectivity index (χ0) is 19.2. The van der Waals surface area contributed by atoms with E-state index < -0.39 is 5.97 Å². The molecule has 1 N–H and O–H groups in total. The highest BCUT2D eigenvalue weighted by atomic mass is 79.9. The van der Waals surface area contributed by atoms with Crippen molar-refractivity contribution < 1.29 is 14.6 Å². The van der Waals surface area contributed by atoms with E-state index in [0.29, 0.717) is 20.8 Å². The second-order valence-electron chi connectivity index (χ2n) is 5.62. The van der Waals surface area contributed by atoms with Gasteiger partial charge in [-0.3, -0.25) is 4.98 Å². The maximum Gasteiger partial charge on any atom is 0.344 e. The lowest BCUT2D eigenvalue weighted by atomic mass is 10.0. The van der Waals surface area contributed by atoms with E-state index in [1.54, 1.807) is 42.6 Å². The minimum absolute atomic E-state index is 0.0189. The summed E-state index contributed by atoms with van der Waals surface area (Å²) in [6, 6.07) is 19.3. The molecule has 0 unspecified atom stereocenters. The number of halogens is 2. The highest BCUT2D eigenvalue weighted by Gasteiger charge is 2.23. The Hall–Kier alpha value is -2.63. The molecule has 0 saturated heterocycles. The number of pyridine rings is 1. The van der Waals surface area contributed by atoms with Gasteiger partial charge in [-0.25, -0.2) is 4.79 Å². The summed E-state index contributed by atoms with van der Waals surface area (Å²) in [7, 11) is 0. The largest absolute Gasteiger partial charge is 0.506 e. The third-order valence-corrected chi connectivity index (χ3v) is 4.65. The highest BCUT2D eigenvalue weighted by molar-refractivity contribution is 9.10. The molecule has 0 amide bonds. The van der Waals surface area contributed by atoms with E-state index >= 15 is 0 Å². The van der Waals surface area contributed by atoms with Crippen LogP contribution in [0.5, 0.6) is 0 Å². The second-order valence-corrected chi connectivity index (χ2v) is 6.92. The Bertz CT molecular complexity index is 975. The summed E-state index contributed by atoms with van der Waals surface area (Å²) in [5.74, 6) is -0.910. The van der Waals surface area contributed by atoms with Gasteiger partial charge in [-0.15, -0.1) is 0 Å². The summed E-state index contributed by atoms with van der Waals surface area (Å²) in [6.45, 7) is 0.0884. The predicted octanol–water partition coefficient (Wildman–Crippen LogP) is 5.67. The van der Waals surface area contributed by atoms with Crippen LogP contribution in [0.4, 0.5) is 0 Å². The Morgan fingerprint density at radius 2 is 1.81 bits per heavy atom. The van der Waals surface area contributed by atoms with Crippen molar-refractivity contribution in [2.24, 2.45) is 0 Å². The molecule has 0 atom stereocenters. The van der Waals surface area contributed by atoms with Crippen molar-refractivity contribution in [3.8, 4) is 0 Å². The van der Waals surface area contributed by atoms with Crippen LogP contribution < -0.4 is 0 Å². The van der Waals surface area contributed by atoms with Crippen LogP contribution in [0, 0.1) is 0 Å². The van der Waals surface area contributed by atoms with Crippen LogP contribution in [0.1, 0.15) is 16.8 Å².